The molecule has 0 radical (unpaired) electrons. The summed E-state index contributed by atoms with van der Waals surface area (Å²) >= 11 is 0. The molecule has 1 heterocycles. The topological polar surface area (TPSA) is 55.8 Å². The Hall–Kier alpha value is -2.11. The van der Waals surface area contributed by atoms with Crippen molar-refractivity contribution in [2.45, 2.75) is 38.6 Å². The maximum atomic E-state index is 13.6. The number of carbonyl (C=O) groups excluding carboxylic acids is 2. The normalized spacial score (nSPS) is 21.3. The summed E-state index contributed by atoms with van der Waals surface area (Å²) in [6, 6.07) is 8.41. The SMILES string of the molecule is CCOC(=O)C1CCC(F)CN1C(=O)OCc1ccccc1. The summed E-state index contributed by atoms with van der Waals surface area (Å²) in [5.74, 6) is -0.508. The van der Waals surface area contributed by atoms with E-state index < -0.39 is 24.3 Å². The van der Waals surface area contributed by atoms with Gasteiger partial charge in [-0.3, -0.25) is 4.90 Å². The zero-order chi connectivity index (χ0) is 15.9. The zero-order valence-corrected chi connectivity index (χ0v) is 12.5. The smallest absolute Gasteiger partial charge is 0.410 e. The van der Waals surface area contributed by atoms with Gasteiger partial charge in [0.15, 0.2) is 0 Å². The van der Waals surface area contributed by atoms with Crippen molar-refractivity contribution in [2.75, 3.05) is 13.2 Å². The van der Waals surface area contributed by atoms with Crippen LogP contribution in [0.25, 0.3) is 0 Å². The third-order valence-corrected chi connectivity index (χ3v) is 3.52. The average molecular weight is 309 g/mol. The van der Waals surface area contributed by atoms with E-state index in [0.29, 0.717) is 0 Å². The number of amides is 1. The summed E-state index contributed by atoms with van der Waals surface area (Å²) in [4.78, 5) is 25.2. The lowest BCUT2D eigenvalue weighted by Gasteiger charge is -2.34. The highest BCUT2D eigenvalue weighted by atomic mass is 19.1. The van der Waals surface area contributed by atoms with Gasteiger partial charge in [0.1, 0.15) is 18.8 Å². The molecule has 0 saturated carbocycles. The lowest BCUT2D eigenvalue weighted by atomic mass is 10.0. The van der Waals surface area contributed by atoms with Gasteiger partial charge < -0.3 is 9.47 Å². The number of carbonyl (C=O) groups is 2. The van der Waals surface area contributed by atoms with Crippen LogP contribution in [0.2, 0.25) is 0 Å². The third kappa shape index (κ3) is 4.19. The molecule has 1 aliphatic heterocycles. The van der Waals surface area contributed by atoms with Crippen LogP contribution in [0.4, 0.5) is 9.18 Å². The number of nitrogens with zero attached hydrogens (tertiary/aromatic N) is 1. The van der Waals surface area contributed by atoms with E-state index >= 15 is 0 Å². The largest absolute Gasteiger partial charge is 0.464 e. The van der Waals surface area contributed by atoms with Crippen LogP contribution in [-0.4, -0.2) is 42.3 Å². The zero-order valence-electron chi connectivity index (χ0n) is 12.5. The highest BCUT2D eigenvalue weighted by molar-refractivity contribution is 5.81. The van der Waals surface area contributed by atoms with Crippen molar-refractivity contribution in [2.24, 2.45) is 0 Å². The number of benzene rings is 1. The summed E-state index contributed by atoms with van der Waals surface area (Å²) in [5.41, 5.74) is 0.831. The number of likely N-dealkylation sites (tertiary alicyclic amines) is 1. The van der Waals surface area contributed by atoms with Gasteiger partial charge in [0.05, 0.1) is 13.2 Å². The minimum atomic E-state index is -1.14. The average Bonchev–Trinajstić information content (AvgIpc) is 2.53. The molecule has 1 saturated heterocycles. The van der Waals surface area contributed by atoms with Crippen LogP contribution in [0.3, 0.4) is 0 Å². The number of rotatable bonds is 4. The van der Waals surface area contributed by atoms with Crippen LogP contribution in [-0.2, 0) is 20.9 Å². The first-order valence-electron chi connectivity index (χ1n) is 7.39. The van der Waals surface area contributed by atoms with E-state index in [9.17, 15) is 14.0 Å². The molecule has 1 aliphatic rings. The van der Waals surface area contributed by atoms with Crippen molar-refractivity contribution in [3.8, 4) is 0 Å². The number of hydrogen-bond donors (Lipinski definition) is 0. The fourth-order valence-electron chi connectivity index (χ4n) is 2.41. The summed E-state index contributed by atoms with van der Waals surface area (Å²) in [7, 11) is 0. The number of alkyl halides is 1. The van der Waals surface area contributed by atoms with E-state index in [-0.39, 0.29) is 32.6 Å². The van der Waals surface area contributed by atoms with E-state index in [4.69, 9.17) is 9.47 Å². The van der Waals surface area contributed by atoms with Crippen LogP contribution in [0.15, 0.2) is 30.3 Å². The Morgan fingerprint density at radius 2 is 1.95 bits per heavy atom. The fraction of sp³-hybridized carbons (Fsp3) is 0.500. The molecule has 1 aromatic carbocycles. The Balaban J connectivity index is 1.98. The van der Waals surface area contributed by atoms with E-state index in [1.165, 1.54) is 0 Å². The molecule has 2 rings (SSSR count). The lowest BCUT2D eigenvalue weighted by molar-refractivity contribution is -0.150. The molecule has 22 heavy (non-hydrogen) atoms. The van der Waals surface area contributed by atoms with Gasteiger partial charge in [-0.15, -0.1) is 0 Å². The second-order valence-corrected chi connectivity index (χ2v) is 5.14. The van der Waals surface area contributed by atoms with Crippen molar-refractivity contribution in [3.05, 3.63) is 35.9 Å². The van der Waals surface area contributed by atoms with Crippen molar-refractivity contribution in [1.82, 2.24) is 4.90 Å². The highest BCUT2D eigenvalue weighted by Gasteiger charge is 2.37. The third-order valence-electron chi connectivity index (χ3n) is 3.52. The van der Waals surface area contributed by atoms with Gasteiger partial charge in [-0.05, 0) is 25.3 Å². The summed E-state index contributed by atoms with van der Waals surface area (Å²) in [6.45, 7) is 1.86. The number of ether oxygens (including phenoxy) is 2. The second-order valence-electron chi connectivity index (χ2n) is 5.14. The van der Waals surface area contributed by atoms with Crippen LogP contribution < -0.4 is 0 Å². The second kappa shape index (κ2) is 7.77. The number of halogens is 1. The highest BCUT2D eigenvalue weighted by Crippen LogP contribution is 2.22. The predicted octanol–water partition coefficient (Wildman–Crippen LogP) is 2.69. The maximum Gasteiger partial charge on any atom is 0.410 e. The molecule has 1 fully saturated rings. The number of hydrogen-bond acceptors (Lipinski definition) is 4. The molecular weight excluding hydrogens is 289 g/mol. The fourth-order valence-corrected chi connectivity index (χ4v) is 2.41. The molecule has 0 spiro atoms. The molecule has 2 atom stereocenters. The van der Waals surface area contributed by atoms with Gasteiger partial charge in [0.2, 0.25) is 0 Å². The van der Waals surface area contributed by atoms with Crippen LogP contribution >= 0.6 is 0 Å². The number of esters is 1. The Labute approximate surface area is 129 Å². The van der Waals surface area contributed by atoms with Crippen molar-refractivity contribution < 1.29 is 23.5 Å². The summed E-state index contributed by atoms with van der Waals surface area (Å²) in [6.07, 6.45) is -1.34. The molecule has 0 N–H and O–H groups in total. The van der Waals surface area contributed by atoms with Crippen molar-refractivity contribution >= 4 is 12.1 Å². The summed E-state index contributed by atoms with van der Waals surface area (Å²) < 4.78 is 23.7. The molecule has 0 bridgehead atoms. The first kappa shape index (κ1) is 16.3. The molecule has 0 aromatic heterocycles. The molecule has 120 valence electrons. The van der Waals surface area contributed by atoms with Crippen molar-refractivity contribution in [3.63, 3.8) is 0 Å². The van der Waals surface area contributed by atoms with Gasteiger partial charge in [-0.1, -0.05) is 30.3 Å². The number of piperidine rings is 1. The van der Waals surface area contributed by atoms with Crippen LogP contribution in [0, 0.1) is 0 Å². The summed E-state index contributed by atoms with van der Waals surface area (Å²) in [5, 5.41) is 0. The van der Waals surface area contributed by atoms with Crippen LogP contribution in [0.5, 0.6) is 0 Å². The van der Waals surface area contributed by atoms with Crippen LogP contribution in [0.1, 0.15) is 25.3 Å². The first-order chi connectivity index (χ1) is 10.6. The first-order valence-corrected chi connectivity index (χ1v) is 7.39. The van der Waals surface area contributed by atoms with E-state index in [0.717, 1.165) is 10.5 Å². The van der Waals surface area contributed by atoms with Gasteiger partial charge in [0, 0.05) is 0 Å². The molecule has 1 aromatic rings. The Kier molecular flexibility index (Phi) is 5.75. The van der Waals surface area contributed by atoms with Gasteiger partial charge in [0.25, 0.3) is 0 Å². The standard InChI is InChI=1S/C16H20FNO4/c1-2-21-15(19)14-9-8-13(17)10-18(14)16(20)22-11-12-6-4-3-5-7-12/h3-7,13-14H,2,8-11H2,1H3. The van der Waals surface area contributed by atoms with Gasteiger partial charge in [-0.2, -0.15) is 0 Å². The quantitative estimate of drug-likeness (QED) is 0.802. The Morgan fingerprint density at radius 3 is 2.64 bits per heavy atom. The van der Waals surface area contributed by atoms with E-state index in [1.807, 2.05) is 30.3 Å². The van der Waals surface area contributed by atoms with Gasteiger partial charge in [-0.25, -0.2) is 14.0 Å². The van der Waals surface area contributed by atoms with Crippen molar-refractivity contribution in [1.29, 1.82) is 0 Å². The maximum absolute atomic E-state index is 13.6. The molecule has 1 amide bonds. The predicted molar refractivity (Wildman–Crippen MR) is 77.9 cm³/mol. The molecular formula is C16H20FNO4. The van der Waals surface area contributed by atoms with Gasteiger partial charge >= 0.3 is 12.1 Å². The van der Waals surface area contributed by atoms with E-state index in [1.54, 1.807) is 6.92 Å². The Bertz CT molecular complexity index is 508. The molecule has 0 aliphatic carbocycles. The molecule has 6 heteroatoms. The monoisotopic (exact) mass is 309 g/mol. The Morgan fingerprint density at radius 1 is 1.23 bits per heavy atom. The minimum Gasteiger partial charge on any atom is -0.464 e. The minimum absolute atomic E-state index is 0.0860. The lowest BCUT2D eigenvalue weighted by Crippen LogP contribution is -2.52. The molecule has 2 unspecified atom stereocenters. The van der Waals surface area contributed by atoms with E-state index in [2.05, 4.69) is 0 Å². The molecule has 5 nitrogen and oxygen atoms in total.